The second-order valence-corrected chi connectivity index (χ2v) is 8.23. The lowest BCUT2D eigenvalue weighted by Crippen LogP contribution is -2.49. The minimum absolute atomic E-state index is 0.00581. The summed E-state index contributed by atoms with van der Waals surface area (Å²) < 4.78 is 0. The van der Waals surface area contributed by atoms with Crippen molar-refractivity contribution in [1.82, 2.24) is 15.2 Å². The van der Waals surface area contributed by atoms with Crippen LogP contribution in [0.4, 0.5) is 5.82 Å². The standard InChI is InChI=1S/C23H28N4O2/c1-16(22(29)27-14-12-23(10-11-23)13-15-27)25-21(28)18-8-9-19(26-20(18)24-2)17-6-4-3-5-7-17/h3-9,16H,10-15H2,1-2H3,(H,24,26)(H,25,28)/t16-/m0/s1. The van der Waals surface area contributed by atoms with Crippen molar-refractivity contribution in [3.8, 4) is 11.3 Å². The molecular formula is C23H28N4O2. The number of nitrogens with one attached hydrogen (secondary N) is 2. The summed E-state index contributed by atoms with van der Waals surface area (Å²) in [5.74, 6) is 0.198. The van der Waals surface area contributed by atoms with Crippen LogP contribution in [0.1, 0.15) is 43.0 Å². The van der Waals surface area contributed by atoms with Gasteiger partial charge in [0.15, 0.2) is 0 Å². The SMILES string of the molecule is CNc1nc(-c2ccccc2)ccc1C(=O)N[C@@H](C)C(=O)N1CCC2(CC1)CC2. The number of pyridine rings is 1. The van der Waals surface area contributed by atoms with Gasteiger partial charge in [0.05, 0.1) is 11.3 Å². The molecule has 1 aliphatic carbocycles. The molecule has 29 heavy (non-hydrogen) atoms. The first kappa shape index (κ1) is 19.4. The van der Waals surface area contributed by atoms with E-state index in [0.29, 0.717) is 16.8 Å². The Morgan fingerprint density at radius 3 is 2.34 bits per heavy atom. The summed E-state index contributed by atoms with van der Waals surface area (Å²) >= 11 is 0. The Labute approximate surface area is 171 Å². The van der Waals surface area contributed by atoms with Gasteiger partial charge in [-0.1, -0.05) is 30.3 Å². The molecule has 1 aromatic heterocycles. The van der Waals surface area contributed by atoms with Gasteiger partial charge in [-0.3, -0.25) is 9.59 Å². The number of hydrogen-bond acceptors (Lipinski definition) is 4. The zero-order valence-electron chi connectivity index (χ0n) is 17.1. The quantitative estimate of drug-likeness (QED) is 0.819. The fraction of sp³-hybridized carbons (Fsp3) is 0.435. The molecule has 0 radical (unpaired) electrons. The topological polar surface area (TPSA) is 74.3 Å². The van der Waals surface area contributed by atoms with Crippen LogP contribution in [-0.4, -0.2) is 47.9 Å². The molecule has 2 fully saturated rings. The monoisotopic (exact) mass is 392 g/mol. The molecule has 1 spiro atoms. The van der Waals surface area contributed by atoms with E-state index in [4.69, 9.17) is 0 Å². The van der Waals surface area contributed by atoms with Crippen LogP contribution >= 0.6 is 0 Å². The van der Waals surface area contributed by atoms with Crippen molar-refractivity contribution in [1.29, 1.82) is 0 Å². The van der Waals surface area contributed by atoms with Crippen LogP contribution in [0, 0.1) is 5.41 Å². The molecule has 2 heterocycles. The molecule has 1 saturated carbocycles. The van der Waals surface area contributed by atoms with E-state index in [-0.39, 0.29) is 11.8 Å². The van der Waals surface area contributed by atoms with Gasteiger partial charge in [0.25, 0.3) is 5.91 Å². The Morgan fingerprint density at radius 2 is 1.72 bits per heavy atom. The number of anilines is 1. The van der Waals surface area contributed by atoms with Gasteiger partial charge in [0.2, 0.25) is 5.91 Å². The lowest BCUT2D eigenvalue weighted by atomic mass is 9.93. The molecular weight excluding hydrogens is 364 g/mol. The highest BCUT2D eigenvalue weighted by atomic mass is 16.2. The number of hydrogen-bond donors (Lipinski definition) is 2. The Hall–Kier alpha value is -2.89. The summed E-state index contributed by atoms with van der Waals surface area (Å²) in [6.07, 6.45) is 4.79. The van der Waals surface area contributed by atoms with Gasteiger partial charge >= 0.3 is 0 Å². The average Bonchev–Trinajstić information content (AvgIpc) is 3.52. The third-order valence-corrected chi connectivity index (χ3v) is 6.26. The van der Waals surface area contributed by atoms with Crippen molar-refractivity contribution in [3.05, 3.63) is 48.0 Å². The number of carbonyl (C=O) groups excluding carboxylic acids is 2. The molecule has 2 N–H and O–H groups in total. The predicted molar refractivity (Wildman–Crippen MR) is 114 cm³/mol. The molecule has 152 valence electrons. The molecule has 4 rings (SSSR count). The van der Waals surface area contributed by atoms with E-state index < -0.39 is 6.04 Å². The van der Waals surface area contributed by atoms with E-state index in [0.717, 1.165) is 37.2 Å². The summed E-state index contributed by atoms with van der Waals surface area (Å²) in [6.45, 7) is 3.36. The summed E-state index contributed by atoms with van der Waals surface area (Å²) in [5.41, 5.74) is 2.73. The van der Waals surface area contributed by atoms with Crippen molar-refractivity contribution >= 4 is 17.6 Å². The van der Waals surface area contributed by atoms with Gasteiger partial charge in [-0.15, -0.1) is 0 Å². The molecule has 2 aliphatic rings. The fourth-order valence-electron chi connectivity index (χ4n) is 4.09. The van der Waals surface area contributed by atoms with Crippen LogP contribution < -0.4 is 10.6 Å². The summed E-state index contributed by atoms with van der Waals surface area (Å²) in [7, 11) is 1.74. The molecule has 6 nitrogen and oxygen atoms in total. The van der Waals surface area contributed by atoms with Crippen molar-refractivity contribution in [3.63, 3.8) is 0 Å². The zero-order chi connectivity index (χ0) is 20.4. The smallest absolute Gasteiger partial charge is 0.255 e. The van der Waals surface area contributed by atoms with Crippen molar-refractivity contribution in [2.24, 2.45) is 5.41 Å². The molecule has 1 aromatic carbocycles. The molecule has 2 amide bonds. The first-order valence-electron chi connectivity index (χ1n) is 10.4. The Kier molecular flexibility index (Phi) is 5.26. The second kappa shape index (κ2) is 7.85. The van der Waals surface area contributed by atoms with E-state index in [9.17, 15) is 9.59 Å². The number of amides is 2. The number of nitrogens with zero attached hydrogens (tertiary/aromatic N) is 2. The lowest BCUT2D eigenvalue weighted by molar-refractivity contribution is -0.134. The largest absolute Gasteiger partial charge is 0.372 e. The zero-order valence-corrected chi connectivity index (χ0v) is 17.1. The third kappa shape index (κ3) is 4.11. The number of likely N-dealkylation sites (tertiary alicyclic amines) is 1. The van der Waals surface area contributed by atoms with Crippen LogP contribution in [0.3, 0.4) is 0 Å². The van der Waals surface area contributed by atoms with Crippen molar-refractivity contribution < 1.29 is 9.59 Å². The van der Waals surface area contributed by atoms with E-state index in [1.807, 2.05) is 41.3 Å². The van der Waals surface area contributed by atoms with Crippen LogP contribution in [0.15, 0.2) is 42.5 Å². The highest BCUT2D eigenvalue weighted by molar-refractivity contribution is 6.01. The van der Waals surface area contributed by atoms with Gasteiger partial charge < -0.3 is 15.5 Å². The summed E-state index contributed by atoms with van der Waals surface area (Å²) in [4.78, 5) is 32.1. The average molecular weight is 393 g/mol. The molecule has 1 saturated heterocycles. The third-order valence-electron chi connectivity index (χ3n) is 6.26. The van der Waals surface area contributed by atoms with Gasteiger partial charge in [0, 0.05) is 25.7 Å². The van der Waals surface area contributed by atoms with Gasteiger partial charge in [0.1, 0.15) is 11.9 Å². The Bertz CT molecular complexity index is 898. The number of benzene rings is 1. The maximum Gasteiger partial charge on any atom is 0.255 e. The second-order valence-electron chi connectivity index (χ2n) is 8.23. The van der Waals surface area contributed by atoms with Crippen LogP contribution in [-0.2, 0) is 4.79 Å². The van der Waals surface area contributed by atoms with Crippen molar-refractivity contribution in [2.45, 2.75) is 38.6 Å². The maximum absolute atomic E-state index is 12.8. The molecule has 1 aliphatic heterocycles. The number of carbonyl (C=O) groups is 2. The van der Waals surface area contributed by atoms with E-state index in [1.54, 1.807) is 20.0 Å². The van der Waals surface area contributed by atoms with Gasteiger partial charge in [-0.05, 0) is 50.2 Å². The maximum atomic E-state index is 12.8. The molecule has 2 aromatic rings. The lowest BCUT2D eigenvalue weighted by Gasteiger charge is -2.33. The first-order valence-corrected chi connectivity index (χ1v) is 10.4. The van der Waals surface area contributed by atoms with Gasteiger partial charge in [-0.25, -0.2) is 4.98 Å². The van der Waals surface area contributed by atoms with Gasteiger partial charge in [-0.2, -0.15) is 0 Å². The normalized spacial score (nSPS) is 18.2. The van der Waals surface area contributed by atoms with Crippen LogP contribution in [0.2, 0.25) is 0 Å². The Morgan fingerprint density at radius 1 is 1.03 bits per heavy atom. The summed E-state index contributed by atoms with van der Waals surface area (Å²) in [6, 6.07) is 12.8. The first-order chi connectivity index (χ1) is 14.0. The fourth-order valence-corrected chi connectivity index (χ4v) is 4.09. The summed E-state index contributed by atoms with van der Waals surface area (Å²) in [5, 5.41) is 5.85. The molecule has 0 bridgehead atoms. The minimum Gasteiger partial charge on any atom is -0.372 e. The minimum atomic E-state index is -0.561. The number of rotatable bonds is 5. The number of piperidine rings is 1. The van der Waals surface area contributed by atoms with E-state index in [1.165, 1.54) is 12.8 Å². The highest BCUT2D eigenvalue weighted by Gasteiger charge is 2.45. The molecule has 6 heteroatoms. The molecule has 1 atom stereocenters. The van der Waals surface area contributed by atoms with Crippen LogP contribution in [0.25, 0.3) is 11.3 Å². The highest BCUT2D eigenvalue weighted by Crippen LogP contribution is 2.53. The van der Waals surface area contributed by atoms with E-state index >= 15 is 0 Å². The number of aromatic nitrogens is 1. The van der Waals surface area contributed by atoms with Crippen LogP contribution in [0.5, 0.6) is 0 Å². The Balaban J connectivity index is 1.42. The van der Waals surface area contributed by atoms with E-state index in [2.05, 4.69) is 15.6 Å². The van der Waals surface area contributed by atoms with Crippen molar-refractivity contribution in [2.75, 3.05) is 25.5 Å². The predicted octanol–water partition coefficient (Wildman–Crippen LogP) is 3.31. The molecule has 0 unspecified atom stereocenters.